The highest BCUT2D eigenvalue weighted by Gasteiger charge is 2.25. The van der Waals surface area contributed by atoms with Crippen molar-refractivity contribution < 1.29 is 4.79 Å². The van der Waals surface area contributed by atoms with Gasteiger partial charge in [0.15, 0.2) is 0 Å². The Labute approximate surface area is 113 Å². The molecular formula is C14H19ClN2O. The van der Waals surface area contributed by atoms with E-state index < -0.39 is 0 Å². The van der Waals surface area contributed by atoms with Crippen LogP contribution >= 0.6 is 11.6 Å². The lowest BCUT2D eigenvalue weighted by molar-refractivity contribution is -0.120. The second-order valence-corrected chi connectivity index (χ2v) is 5.51. The van der Waals surface area contributed by atoms with Crippen molar-refractivity contribution in [1.29, 1.82) is 0 Å². The monoisotopic (exact) mass is 266 g/mol. The van der Waals surface area contributed by atoms with E-state index >= 15 is 0 Å². The van der Waals surface area contributed by atoms with Crippen molar-refractivity contribution >= 4 is 23.2 Å². The van der Waals surface area contributed by atoms with E-state index in [0.717, 1.165) is 36.9 Å². The van der Waals surface area contributed by atoms with Crippen LogP contribution in [0, 0.1) is 12.8 Å². The summed E-state index contributed by atoms with van der Waals surface area (Å²) in [5, 5.41) is 3.60. The SMILES string of the molecule is Cc1ccc(Cl)cc1NC(=O)C1CCCC(N)C1. The maximum atomic E-state index is 12.2. The fraction of sp³-hybridized carbons (Fsp3) is 0.500. The van der Waals surface area contributed by atoms with Crippen LogP contribution in [0.2, 0.25) is 5.02 Å². The first-order valence-electron chi connectivity index (χ1n) is 6.39. The smallest absolute Gasteiger partial charge is 0.227 e. The first-order chi connectivity index (χ1) is 8.56. The molecule has 3 N–H and O–H groups in total. The maximum absolute atomic E-state index is 12.2. The minimum Gasteiger partial charge on any atom is -0.328 e. The van der Waals surface area contributed by atoms with E-state index in [4.69, 9.17) is 17.3 Å². The number of aryl methyl sites for hydroxylation is 1. The number of benzene rings is 1. The summed E-state index contributed by atoms with van der Waals surface area (Å²) in [5.41, 5.74) is 7.73. The van der Waals surface area contributed by atoms with Gasteiger partial charge >= 0.3 is 0 Å². The lowest BCUT2D eigenvalue weighted by Gasteiger charge is -2.25. The number of halogens is 1. The molecule has 0 saturated heterocycles. The highest BCUT2D eigenvalue weighted by molar-refractivity contribution is 6.31. The zero-order valence-corrected chi connectivity index (χ0v) is 11.3. The van der Waals surface area contributed by atoms with Gasteiger partial charge in [-0.05, 0) is 43.9 Å². The number of hydrogen-bond acceptors (Lipinski definition) is 2. The molecule has 0 spiro atoms. The van der Waals surface area contributed by atoms with Crippen molar-refractivity contribution in [1.82, 2.24) is 0 Å². The molecule has 98 valence electrons. The first kappa shape index (κ1) is 13.4. The Morgan fingerprint density at radius 1 is 1.44 bits per heavy atom. The minimum atomic E-state index is 0.0344. The van der Waals surface area contributed by atoms with Crippen LogP contribution in [-0.4, -0.2) is 11.9 Å². The second-order valence-electron chi connectivity index (χ2n) is 5.07. The molecule has 1 saturated carbocycles. The van der Waals surface area contributed by atoms with E-state index in [1.54, 1.807) is 6.07 Å². The number of anilines is 1. The molecule has 1 aromatic rings. The van der Waals surface area contributed by atoms with Gasteiger partial charge in [0.2, 0.25) is 5.91 Å². The van der Waals surface area contributed by atoms with Gasteiger partial charge in [-0.1, -0.05) is 24.1 Å². The van der Waals surface area contributed by atoms with E-state index in [0.29, 0.717) is 5.02 Å². The summed E-state index contributed by atoms with van der Waals surface area (Å²) in [5.74, 6) is 0.0997. The summed E-state index contributed by atoms with van der Waals surface area (Å²) in [6, 6.07) is 5.68. The van der Waals surface area contributed by atoms with Gasteiger partial charge in [0.05, 0.1) is 0 Å². The Morgan fingerprint density at radius 2 is 2.22 bits per heavy atom. The van der Waals surface area contributed by atoms with Gasteiger partial charge in [0.1, 0.15) is 0 Å². The minimum absolute atomic E-state index is 0.0344. The fourth-order valence-electron chi connectivity index (χ4n) is 2.43. The summed E-state index contributed by atoms with van der Waals surface area (Å²) in [7, 11) is 0. The molecule has 0 radical (unpaired) electrons. The van der Waals surface area contributed by atoms with Crippen LogP contribution in [0.1, 0.15) is 31.2 Å². The molecule has 4 heteroatoms. The predicted molar refractivity (Wildman–Crippen MR) is 74.8 cm³/mol. The quantitative estimate of drug-likeness (QED) is 0.864. The van der Waals surface area contributed by atoms with E-state index in [1.165, 1.54) is 0 Å². The van der Waals surface area contributed by atoms with Crippen LogP contribution in [0.15, 0.2) is 18.2 Å². The van der Waals surface area contributed by atoms with E-state index in [2.05, 4.69) is 5.32 Å². The molecule has 1 aromatic carbocycles. The summed E-state index contributed by atoms with van der Waals surface area (Å²) < 4.78 is 0. The topological polar surface area (TPSA) is 55.1 Å². The van der Waals surface area contributed by atoms with Gasteiger partial charge in [-0.15, -0.1) is 0 Å². The van der Waals surface area contributed by atoms with Crippen LogP contribution in [0.3, 0.4) is 0 Å². The Bertz CT molecular complexity index is 447. The molecule has 2 rings (SSSR count). The third-order valence-corrected chi connectivity index (χ3v) is 3.78. The number of rotatable bonds is 2. The standard InChI is InChI=1S/C14H19ClN2O/c1-9-5-6-11(15)8-13(9)17-14(18)10-3-2-4-12(16)7-10/h5-6,8,10,12H,2-4,7,16H2,1H3,(H,17,18). The van der Waals surface area contributed by atoms with Gasteiger partial charge < -0.3 is 11.1 Å². The van der Waals surface area contributed by atoms with Crippen LogP contribution in [0.4, 0.5) is 5.69 Å². The summed E-state index contributed by atoms with van der Waals surface area (Å²) in [6.45, 7) is 1.96. The molecule has 1 amide bonds. The zero-order valence-electron chi connectivity index (χ0n) is 10.6. The van der Waals surface area contributed by atoms with Crippen molar-refractivity contribution in [2.75, 3.05) is 5.32 Å². The van der Waals surface area contributed by atoms with Crippen LogP contribution in [0.5, 0.6) is 0 Å². The number of carbonyl (C=O) groups excluding carboxylic acids is 1. The molecule has 0 aliphatic heterocycles. The number of amides is 1. The molecule has 3 nitrogen and oxygen atoms in total. The second kappa shape index (κ2) is 5.72. The number of nitrogens with one attached hydrogen (secondary N) is 1. The zero-order chi connectivity index (χ0) is 13.1. The van der Waals surface area contributed by atoms with Gasteiger partial charge in [0.25, 0.3) is 0 Å². The Kier molecular flexibility index (Phi) is 4.25. The largest absolute Gasteiger partial charge is 0.328 e. The number of carbonyl (C=O) groups is 1. The normalized spacial score (nSPS) is 23.7. The molecule has 0 bridgehead atoms. The fourth-order valence-corrected chi connectivity index (χ4v) is 2.60. The van der Waals surface area contributed by atoms with Crippen molar-refractivity contribution in [2.24, 2.45) is 11.7 Å². The van der Waals surface area contributed by atoms with E-state index in [9.17, 15) is 4.79 Å². The highest BCUT2D eigenvalue weighted by Crippen LogP contribution is 2.26. The Balaban J connectivity index is 2.04. The van der Waals surface area contributed by atoms with Crippen LogP contribution in [0.25, 0.3) is 0 Å². The molecule has 0 heterocycles. The van der Waals surface area contributed by atoms with Crippen molar-refractivity contribution in [2.45, 2.75) is 38.6 Å². The first-order valence-corrected chi connectivity index (χ1v) is 6.76. The average Bonchev–Trinajstić information content (AvgIpc) is 2.34. The van der Waals surface area contributed by atoms with Crippen molar-refractivity contribution in [3.63, 3.8) is 0 Å². The lowest BCUT2D eigenvalue weighted by Crippen LogP contribution is -2.34. The molecule has 1 aliphatic rings. The lowest BCUT2D eigenvalue weighted by atomic mass is 9.85. The molecule has 1 fully saturated rings. The van der Waals surface area contributed by atoms with Gasteiger partial charge in [-0.3, -0.25) is 4.79 Å². The Morgan fingerprint density at radius 3 is 2.94 bits per heavy atom. The summed E-state index contributed by atoms with van der Waals surface area (Å²) >= 11 is 5.94. The van der Waals surface area contributed by atoms with Crippen LogP contribution in [-0.2, 0) is 4.79 Å². The Hall–Kier alpha value is -1.06. The average molecular weight is 267 g/mol. The maximum Gasteiger partial charge on any atom is 0.227 e. The number of hydrogen-bond donors (Lipinski definition) is 2. The molecule has 18 heavy (non-hydrogen) atoms. The predicted octanol–water partition coefficient (Wildman–Crippen LogP) is 3.10. The van der Waals surface area contributed by atoms with Gasteiger partial charge in [-0.2, -0.15) is 0 Å². The van der Waals surface area contributed by atoms with Gasteiger partial charge in [0, 0.05) is 22.7 Å². The summed E-state index contributed by atoms with van der Waals surface area (Å²) in [4.78, 5) is 12.2. The van der Waals surface area contributed by atoms with Crippen molar-refractivity contribution in [3.05, 3.63) is 28.8 Å². The summed E-state index contributed by atoms with van der Waals surface area (Å²) in [6.07, 6.45) is 3.78. The molecule has 2 unspecified atom stereocenters. The van der Waals surface area contributed by atoms with Crippen LogP contribution < -0.4 is 11.1 Å². The van der Waals surface area contributed by atoms with Gasteiger partial charge in [-0.25, -0.2) is 0 Å². The number of nitrogens with two attached hydrogens (primary N) is 1. The van der Waals surface area contributed by atoms with Crippen molar-refractivity contribution in [3.8, 4) is 0 Å². The molecule has 2 atom stereocenters. The third-order valence-electron chi connectivity index (χ3n) is 3.54. The molecule has 0 aromatic heterocycles. The third kappa shape index (κ3) is 3.24. The van der Waals surface area contributed by atoms with E-state index in [1.807, 2.05) is 19.1 Å². The molecule has 1 aliphatic carbocycles. The van der Waals surface area contributed by atoms with E-state index in [-0.39, 0.29) is 17.9 Å². The molecular weight excluding hydrogens is 248 g/mol. The highest BCUT2D eigenvalue weighted by atomic mass is 35.5.